The Bertz CT molecular complexity index is 2320. The number of aryl methyl sites for hydroxylation is 1. The van der Waals surface area contributed by atoms with Gasteiger partial charge in [-0.3, -0.25) is 4.98 Å². The molecule has 5 heteroatoms. The van der Waals surface area contributed by atoms with Gasteiger partial charge in [-0.1, -0.05) is 83.6 Å². The van der Waals surface area contributed by atoms with Gasteiger partial charge in [0.1, 0.15) is 5.58 Å². The minimum Gasteiger partial charge on any atom is -0.500 e. The van der Waals surface area contributed by atoms with Gasteiger partial charge in [0.25, 0.3) is 0 Å². The van der Waals surface area contributed by atoms with E-state index >= 15 is 0 Å². The van der Waals surface area contributed by atoms with Crippen molar-refractivity contribution in [2.45, 2.75) is 61.1 Å². The van der Waals surface area contributed by atoms with Crippen LogP contribution >= 0.6 is 0 Å². The summed E-state index contributed by atoms with van der Waals surface area (Å²) in [6, 6.07) is 25.6. The first-order chi connectivity index (χ1) is 23.7. The van der Waals surface area contributed by atoms with Gasteiger partial charge in [-0.05, 0) is 70.3 Å². The number of aromatic nitrogens is 3. The molecular weight excluding hydrogens is 731 g/mol. The maximum absolute atomic E-state index is 8.59. The third-order valence-corrected chi connectivity index (χ3v) is 6.85. The molecule has 45 heavy (non-hydrogen) atoms. The van der Waals surface area contributed by atoms with Crippen LogP contribution in [0.3, 0.4) is 0 Å². The Labute approximate surface area is 289 Å². The van der Waals surface area contributed by atoms with Crippen molar-refractivity contribution in [2.24, 2.45) is 10.8 Å². The maximum atomic E-state index is 8.59. The zero-order chi connectivity index (χ0) is 37.1. The third kappa shape index (κ3) is 7.49. The third-order valence-electron chi connectivity index (χ3n) is 6.85. The summed E-state index contributed by atoms with van der Waals surface area (Å²) in [6.07, 6.45) is 2.05. The summed E-state index contributed by atoms with van der Waals surface area (Å²) in [4.78, 5) is 13.4. The predicted molar refractivity (Wildman–Crippen MR) is 182 cm³/mol. The molecule has 0 N–H and O–H groups in total. The van der Waals surface area contributed by atoms with Gasteiger partial charge in [-0.15, -0.1) is 53.1 Å². The standard InChI is InChI=1S/C23H19N2O.C17H20N.Ir/c1-23(2,3)12-14-9-10-24-18(11-14)15-7-8-20-21-16(15)13-25-17-5-4-6-19(26-20)22(17)21;1-13-5-8-15(9-6-13)16-10-7-14(12-18-16)11-17(2,3)4;/h4-6,8-11,13H,12H2,1-3H3;5-8,10,12H,11H2,1-4H3;/q2*-1;/i12D2;1D3,11D2;. The fourth-order valence-electron chi connectivity index (χ4n) is 5.16. The Morgan fingerprint density at radius 1 is 0.756 bits per heavy atom. The molecule has 0 aliphatic rings. The van der Waals surface area contributed by atoms with Crippen molar-refractivity contribution in [1.82, 2.24) is 15.0 Å². The minimum absolute atomic E-state index is 0. The molecule has 7 aromatic rings. The molecule has 0 spiro atoms. The van der Waals surface area contributed by atoms with Gasteiger partial charge >= 0.3 is 0 Å². The molecule has 3 aromatic carbocycles. The van der Waals surface area contributed by atoms with E-state index in [1.165, 1.54) is 12.3 Å². The van der Waals surface area contributed by atoms with Crippen molar-refractivity contribution in [3.63, 3.8) is 0 Å². The molecule has 0 bridgehead atoms. The van der Waals surface area contributed by atoms with Crippen molar-refractivity contribution in [1.29, 1.82) is 0 Å². The summed E-state index contributed by atoms with van der Waals surface area (Å²) in [6.45, 7) is 9.12. The van der Waals surface area contributed by atoms with E-state index in [0.717, 1.165) is 38.4 Å². The molecule has 0 aliphatic heterocycles. The van der Waals surface area contributed by atoms with Crippen LogP contribution in [0.2, 0.25) is 0 Å². The Balaban J connectivity index is 0.000000202. The average Bonchev–Trinajstić information content (AvgIpc) is 3.46. The molecule has 0 aliphatic carbocycles. The van der Waals surface area contributed by atoms with Crippen LogP contribution in [-0.2, 0) is 32.9 Å². The molecule has 0 saturated heterocycles. The second kappa shape index (κ2) is 12.8. The molecule has 0 unspecified atom stereocenters. The summed E-state index contributed by atoms with van der Waals surface area (Å²) in [5, 5.41) is 2.93. The average molecular weight is 777 g/mol. The van der Waals surface area contributed by atoms with Gasteiger partial charge in [0, 0.05) is 47.5 Å². The van der Waals surface area contributed by atoms with Gasteiger partial charge < -0.3 is 14.4 Å². The molecule has 1 radical (unpaired) electrons. The molecule has 7 rings (SSSR count). The number of hydrogen-bond acceptors (Lipinski definition) is 4. The number of hydrogen-bond donors (Lipinski definition) is 0. The van der Waals surface area contributed by atoms with E-state index < -0.39 is 30.4 Å². The number of nitrogens with zero attached hydrogens (tertiary/aromatic N) is 3. The van der Waals surface area contributed by atoms with E-state index in [2.05, 4.69) is 27.1 Å². The molecule has 0 amide bonds. The second-order valence-electron chi connectivity index (χ2n) is 12.9. The summed E-state index contributed by atoms with van der Waals surface area (Å²) >= 11 is 0. The molecule has 231 valence electrons. The van der Waals surface area contributed by atoms with Crippen LogP contribution in [0.4, 0.5) is 0 Å². The molecule has 4 nitrogen and oxygen atoms in total. The quantitative estimate of drug-likeness (QED) is 0.132. The number of rotatable bonds is 4. The maximum Gasteiger partial charge on any atom is 0.123 e. The van der Waals surface area contributed by atoms with Crippen molar-refractivity contribution in [2.75, 3.05) is 0 Å². The number of furan rings is 1. The SMILES string of the molecule is [2H]C([2H])([2H])c1c[c-]c(-c2ccc(C([2H])([2H])C(C)(C)C)cn2)cc1.[2H]C([2H])(c1ccnc(-c2[c-]cc3oc4cccc5ncc2c3c54)c1)C(C)(C)C.[Ir]. The van der Waals surface area contributed by atoms with E-state index in [4.69, 9.17) is 14.0 Å². The first-order valence-electron chi connectivity index (χ1n) is 18.1. The van der Waals surface area contributed by atoms with Crippen LogP contribution in [0, 0.1) is 29.8 Å². The van der Waals surface area contributed by atoms with E-state index in [1.54, 1.807) is 36.5 Å². The fourth-order valence-corrected chi connectivity index (χ4v) is 5.16. The topological polar surface area (TPSA) is 51.8 Å². The Morgan fingerprint density at radius 2 is 1.56 bits per heavy atom. The zero-order valence-corrected chi connectivity index (χ0v) is 28.6. The molecule has 0 atom stereocenters. The van der Waals surface area contributed by atoms with Gasteiger partial charge in [0.2, 0.25) is 0 Å². The Kier molecular flexibility index (Phi) is 6.93. The Morgan fingerprint density at radius 3 is 2.24 bits per heavy atom. The van der Waals surface area contributed by atoms with E-state index in [-0.39, 0.29) is 25.7 Å². The van der Waals surface area contributed by atoms with Crippen LogP contribution in [0.1, 0.15) is 67.8 Å². The van der Waals surface area contributed by atoms with Crippen molar-refractivity contribution < 1.29 is 34.1 Å². The normalized spacial score (nSPS) is 15.1. The molecular formula is C40H39IrN3O-2. The number of benzene rings is 3. The summed E-state index contributed by atoms with van der Waals surface area (Å²) in [7, 11) is 0. The first kappa shape index (κ1) is 24.3. The van der Waals surface area contributed by atoms with E-state index in [1.807, 2.05) is 78.1 Å². The van der Waals surface area contributed by atoms with Crippen LogP contribution in [0.15, 0.2) is 89.7 Å². The summed E-state index contributed by atoms with van der Waals surface area (Å²) in [5.41, 5.74) is 5.57. The van der Waals surface area contributed by atoms with Crippen LogP contribution in [0.25, 0.3) is 55.4 Å². The molecule has 0 fully saturated rings. The van der Waals surface area contributed by atoms with Crippen LogP contribution < -0.4 is 0 Å². The van der Waals surface area contributed by atoms with Crippen molar-refractivity contribution in [3.05, 3.63) is 114 Å². The molecule has 4 aromatic heterocycles. The fraction of sp³-hybridized carbons (Fsp3) is 0.275. The van der Waals surface area contributed by atoms with E-state index in [9.17, 15) is 0 Å². The zero-order valence-electron chi connectivity index (χ0n) is 33.2. The largest absolute Gasteiger partial charge is 0.500 e. The van der Waals surface area contributed by atoms with Crippen LogP contribution in [0.5, 0.6) is 0 Å². The van der Waals surface area contributed by atoms with Crippen molar-refractivity contribution in [3.8, 4) is 22.5 Å². The van der Waals surface area contributed by atoms with Gasteiger partial charge in [0.05, 0.1) is 11.1 Å². The summed E-state index contributed by atoms with van der Waals surface area (Å²) in [5.74, 6) is 0. The van der Waals surface area contributed by atoms with Crippen LogP contribution in [-0.4, -0.2) is 15.0 Å². The smallest absolute Gasteiger partial charge is 0.123 e. The first-order valence-corrected chi connectivity index (χ1v) is 14.6. The molecule has 4 heterocycles. The second-order valence-corrected chi connectivity index (χ2v) is 12.9. The van der Waals surface area contributed by atoms with Gasteiger partial charge in [-0.2, -0.15) is 0 Å². The van der Waals surface area contributed by atoms with Gasteiger partial charge in [-0.25, -0.2) is 0 Å². The monoisotopic (exact) mass is 777 g/mol. The minimum atomic E-state index is -2.14. The molecule has 0 saturated carbocycles. The van der Waals surface area contributed by atoms with E-state index in [0.29, 0.717) is 28.1 Å². The van der Waals surface area contributed by atoms with Crippen molar-refractivity contribution >= 4 is 32.8 Å². The van der Waals surface area contributed by atoms with Gasteiger partial charge in [0.15, 0.2) is 0 Å². The Hall–Kier alpha value is -3.92. The number of pyridine rings is 3. The summed E-state index contributed by atoms with van der Waals surface area (Å²) < 4.78 is 61.7. The predicted octanol–water partition coefficient (Wildman–Crippen LogP) is 10.5.